The van der Waals surface area contributed by atoms with Crippen LogP contribution in [0.1, 0.15) is 30.3 Å². The van der Waals surface area contributed by atoms with Gasteiger partial charge in [-0.15, -0.1) is 0 Å². The number of esters is 1. The van der Waals surface area contributed by atoms with Crippen molar-refractivity contribution in [3.05, 3.63) is 59.4 Å². The molecule has 1 heterocycles. The van der Waals surface area contributed by atoms with Crippen LogP contribution in [0.2, 0.25) is 0 Å². The fourth-order valence-corrected chi connectivity index (χ4v) is 4.10. The Hall–Kier alpha value is -2.71. The molecule has 0 saturated carbocycles. The van der Waals surface area contributed by atoms with Gasteiger partial charge in [0.1, 0.15) is 12.4 Å². The lowest BCUT2D eigenvalue weighted by Crippen LogP contribution is -2.22. The van der Waals surface area contributed by atoms with Crippen LogP contribution < -0.4 is 0 Å². The Labute approximate surface area is 177 Å². The van der Waals surface area contributed by atoms with Gasteiger partial charge in [0, 0.05) is 20.6 Å². The van der Waals surface area contributed by atoms with Gasteiger partial charge in [-0.2, -0.15) is 0 Å². The van der Waals surface area contributed by atoms with Crippen LogP contribution in [-0.4, -0.2) is 42.3 Å². The Morgan fingerprint density at radius 3 is 2.47 bits per heavy atom. The third kappa shape index (κ3) is 4.71. The summed E-state index contributed by atoms with van der Waals surface area (Å²) >= 11 is 0. The van der Waals surface area contributed by atoms with Gasteiger partial charge in [0.25, 0.3) is 0 Å². The Balaban J connectivity index is 1.82. The molecule has 160 valence electrons. The normalized spacial score (nSPS) is 11.9. The van der Waals surface area contributed by atoms with Gasteiger partial charge < -0.3 is 9.30 Å². The lowest BCUT2D eigenvalue weighted by atomic mass is 10.1. The van der Waals surface area contributed by atoms with Gasteiger partial charge in [0.2, 0.25) is 10.0 Å². The summed E-state index contributed by atoms with van der Waals surface area (Å²) in [4.78, 5) is 17.0. The van der Waals surface area contributed by atoms with E-state index >= 15 is 0 Å². The average molecular weight is 430 g/mol. The molecule has 0 aliphatic heterocycles. The minimum atomic E-state index is -3.55. The summed E-state index contributed by atoms with van der Waals surface area (Å²) in [5.41, 5.74) is 3.41. The maximum Gasteiger partial charge on any atom is 0.310 e. The van der Waals surface area contributed by atoms with Crippen LogP contribution in [0.25, 0.3) is 11.0 Å². The zero-order chi connectivity index (χ0) is 21.9. The highest BCUT2D eigenvalue weighted by Crippen LogP contribution is 2.23. The first kappa shape index (κ1) is 22.0. The molecule has 0 aliphatic carbocycles. The van der Waals surface area contributed by atoms with E-state index in [9.17, 15) is 13.2 Å². The van der Waals surface area contributed by atoms with E-state index in [1.165, 1.54) is 18.4 Å². The number of benzene rings is 2. The standard InChI is InChI=1S/C22H27N3O4S/c1-5-12-25-20-11-10-18(30(27,28)24(3)4)14-19(20)23-21(25)15-29-22(26)13-17-8-6-16(2)7-9-17/h6-11,14H,5,12-13,15H2,1-4H3. The SMILES string of the molecule is CCCn1c(COC(=O)Cc2ccc(C)cc2)nc2cc(S(=O)(=O)N(C)C)ccc21. The molecule has 30 heavy (non-hydrogen) atoms. The van der Waals surface area contributed by atoms with Crippen LogP contribution in [0.5, 0.6) is 0 Å². The maximum absolute atomic E-state index is 12.4. The Morgan fingerprint density at radius 2 is 1.83 bits per heavy atom. The van der Waals surface area contributed by atoms with Crippen molar-refractivity contribution in [1.82, 2.24) is 13.9 Å². The smallest absolute Gasteiger partial charge is 0.310 e. The Morgan fingerprint density at radius 1 is 1.13 bits per heavy atom. The van der Waals surface area contributed by atoms with Crippen LogP contribution in [0.4, 0.5) is 0 Å². The lowest BCUT2D eigenvalue weighted by Gasteiger charge is -2.11. The number of hydrogen-bond donors (Lipinski definition) is 0. The molecule has 3 aromatic rings. The van der Waals surface area contributed by atoms with Gasteiger partial charge in [-0.3, -0.25) is 4.79 Å². The van der Waals surface area contributed by atoms with Gasteiger partial charge in [-0.1, -0.05) is 36.8 Å². The molecule has 0 aliphatic rings. The maximum atomic E-state index is 12.4. The summed E-state index contributed by atoms with van der Waals surface area (Å²) in [7, 11) is -0.561. The van der Waals surface area contributed by atoms with Gasteiger partial charge in [0.05, 0.1) is 22.3 Å². The van der Waals surface area contributed by atoms with Crippen LogP contribution in [0, 0.1) is 6.92 Å². The van der Waals surface area contributed by atoms with Gasteiger partial charge in [0.15, 0.2) is 0 Å². The van der Waals surface area contributed by atoms with E-state index in [0.29, 0.717) is 17.9 Å². The second-order valence-corrected chi connectivity index (χ2v) is 9.59. The monoisotopic (exact) mass is 429 g/mol. The first-order chi connectivity index (χ1) is 14.2. The van der Waals surface area contributed by atoms with Crippen molar-refractivity contribution in [2.75, 3.05) is 14.1 Å². The summed E-state index contributed by atoms with van der Waals surface area (Å²) in [6.07, 6.45) is 1.06. The molecule has 7 nitrogen and oxygen atoms in total. The highest BCUT2D eigenvalue weighted by molar-refractivity contribution is 7.89. The molecule has 0 fully saturated rings. The highest BCUT2D eigenvalue weighted by atomic mass is 32.2. The Bertz CT molecular complexity index is 1150. The van der Waals surface area contributed by atoms with Crippen LogP contribution in [0.15, 0.2) is 47.4 Å². The molecule has 0 bridgehead atoms. The number of hydrogen-bond acceptors (Lipinski definition) is 5. The van der Waals surface area contributed by atoms with E-state index in [-0.39, 0.29) is 23.9 Å². The number of ether oxygens (including phenoxy) is 1. The summed E-state index contributed by atoms with van der Waals surface area (Å²) in [5.74, 6) is 0.272. The number of carbonyl (C=O) groups is 1. The summed E-state index contributed by atoms with van der Waals surface area (Å²) < 4.78 is 33.5. The van der Waals surface area contributed by atoms with Gasteiger partial charge in [-0.25, -0.2) is 17.7 Å². The van der Waals surface area contributed by atoms with Crippen LogP contribution >= 0.6 is 0 Å². The molecule has 0 saturated heterocycles. The van der Waals surface area contributed by atoms with Crippen molar-refractivity contribution in [1.29, 1.82) is 0 Å². The first-order valence-corrected chi connectivity index (χ1v) is 11.3. The zero-order valence-corrected chi connectivity index (χ0v) is 18.6. The number of carbonyl (C=O) groups excluding carboxylic acids is 1. The molecular weight excluding hydrogens is 402 g/mol. The predicted molar refractivity (Wildman–Crippen MR) is 116 cm³/mol. The lowest BCUT2D eigenvalue weighted by molar-refractivity contribution is -0.144. The molecule has 1 aromatic heterocycles. The quantitative estimate of drug-likeness (QED) is 0.513. The van der Waals surface area contributed by atoms with E-state index in [1.807, 2.05) is 42.7 Å². The fraction of sp³-hybridized carbons (Fsp3) is 0.364. The topological polar surface area (TPSA) is 81.5 Å². The molecule has 0 atom stereocenters. The van der Waals surface area contributed by atoms with E-state index in [4.69, 9.17) is 4.74 Å². The second-order valence-electron chi connectivity index (χ2n) is 7.44. The molecule has 0 unspecified atom stereocenters. The largest absolute Gasteiger partial charge is 0.457 e. The van der Waals surface area contributed by atoms with E-state index in [2.05, 4.69) is 4.98 Å². The van der Waals surface area contributed by atoms with Crippen molar-refractivity contribution in [2.45, 2.75) is 44.7 Å². The van der Waals surface area contributed by atoms with Crippen molar-refractivity contribution < 1.29 is 17.9 Å². The molecular formula is C22H27N3O4S. The number of aryl methyl sites for hydroxylation is 2. The minimum absolute atomic E-state index is 0.0368. The predicted octanol–water partition coefficient (Wildman–Crippen LogP) is 3.29. The molecule has 8 heteroatoms. The number of fused-ring (bicyclic) bond motifs is 1. The number of aromatic nitrogens is 2. The number of rotatable bonds is 8. The van der Waals surface area contributed by atoms with Crippen LogP contribution in [0.3, 0.4) is 0 Å². The van der Waals surface area contributed by atoms with Crippen molar-refractivity contribution in [3.8, 4) is 0 Å². The highest BCUT2D eigenvalue weighted by Gasteiger charge is 2.20. The van der Waals surface area contributed by atoms with Crippen LogP contribution in [-0.2, 0) is 39.1 Å². The van der Waals surface area contributed by atoms with E-state index in [0.717, 1.165) is 23.1 Å². The molecule has 0 spiro atoms. The molecule has 3 rings (SSSR count). The Kier molecular flexibility index (Phi) is 6.58. The number of nitrogens with zero attached hydrogens (tertiary/aromatic N) is 3. The van der Waals surface area contributed by atoms with Gasteiger partial charge in [-0.05, 0) is 37.1 Å². The van der Waals surface area contributed by atoms with Crippen molar-refractivity contribution in [2.24, 2.45) is 0 Å². The second kappa shape index (κ2) is 8.97. The molecule has 0 amide bonds. The van der Waals surface area contributed by atoms with E-state index in [1.54, 1.807) is 18.2 Å². The van der Waals surface area contributed by atoms with E-state index < -0.39 is 10.0 Å². The fourth-order valence-electron chi connectivity index (χ4n) is 3.18. The average Bonchev–Trinajstić information content (AvgIpc) is 3.05. The van der Waals surface area contributed by atoms with Crippen molar-refractivity contribution in [3.63, 3.8) is 0 Å². The minimum Gasteiger partial charge on any atom is -0.457 e. The number of imidazole rings is 1. The summed E-state index contributed by atoms with van der Waals surface area (Å²) in [6, 6.07) is 12.6. The number of sulfonamides is 1. The molecule has 2 aromatic carbocycles. The zero-order valence-electron chi connectivity index (χ0n) is 17.8. The summed E-state index contributed by atoms with van der Waals surface area (Å²) in [5, 5.41) is 0. The summed E-state index contributed by atoms with van der Waals surface area (Å²) in [6.45, 7) is 4.77. The van der Waals surface area contributed by atoms with Gasteiger partial charge >= 0.3 is 5.97 Å². The third-order valence-electron chi connectivity index (χ3n) is 4.86. The first-order valence-electron chi connectivity index (χ1n) is 9.85. The third-order valence-corrected chi connectivity index (χ3v) is 6.67. The molecule has 0 radical (unpaired) electrons. The molecule has 0 N–H and O–H groups in total. The van der Waals surface area contributed by atoms with Crippen molar-refractivity contribution >= 4 is 27.0 Å².